The monoisotopic (exact) mass is 454 g/mol. The Bertz CT molecular complexity index is 1060. The molecular weight excluding hydrogens is 424 g/mol. The number of nitrogens with zero attached hydrogens (tertiary/aromatic N) is 2. The summed E-state index contributed by atoms with van der Waals surface area (Å²) >= 11 is 0. The van der Waals surface area contributed by atoms with E-state index in [1.165, 1.54) is 26.2 Å². The number of hydrogen-bond donors (Lipinski definition) is 1. The number of carbonyl (C=O) groups excluding carboxylic acids is 2. The van der Waals surface area contributed by atoms with Crippen LogP contribution in [-0.2, 0) is 9.59 Å². The normalized spacial score (nSPS) is 17.5. The van der Waals surface area contributed by atoms with Crippen molar-refractivity contribution in [2.24, 2.45) is 0 Å². The largest absolute Gasteiger partial charge is 0.507 e. The predicted octanol–water partition coefficient (Wildman–Crippen LogP) is 3.09. The van der Waals surface area contributed by atoms with E-state index in [2.05, 4.69) is 0 Å². The predicted molar refractivity (Wildman–Crippen MR) is 125 cm³/mol. The number of rotatable bonds is 9. The molecule has 1 saturated heterocycles. The molecule has 1 heterocycles. The smallest absolute Gasteiger partial charge is 0.295 e. The Labute approximate surface area is 194 Å². The first-order valence-electron chi connectivity index (χ1n) is 10.6. The van der Waals surface area contributed by atoms with Crippen molar-refractivity contribution in [1.82, 2.24) is 9.80 Å². The van der Waals surface area contributed by atoms with Gasteiger partial charge in [-0.2, -0.15) is 0 Å². The van der Waals surface area contributed by atoms with Crippen molar-refractivity contribution in [3.05, 3.63) is 59.2 Å². The highest BCUT2D eigenvalue weighted by molar-refractivity contribution is 6.46. The molecule has 1 amide bonds. The van der Waals surface area contributed by atoms with Gasteiger partial charge in [0.05, 0.1) is 32.9 Å². The Morgan fingerprint density at radius 2 is 1.70 bits per heavy atom. The zero-order chi connectivity index (χ0) is 24.1. The highest BCUT2D eigenvalue weighted by atomic mass is 16.5. The van der Waals surface area contributed by atoms with Crippen molar-refractivity contribution >= 4 is 17.4 Å². The van der Waals surface area contributed by atoms with Crippen LogP contribution in [0.4, 0.5) is 0 Å². The van der Waals surface area contributed by atoms with Gasteiger partial charge in [-0.25, -0.2) is 0 Å². The van der Waals surface area contributed by atoms with E-state index >= 15 is 0 Å². The van der Waals surface area contributed by atoms with E-state index in [0.717, 1.165) is 6.54 Å². The first-order valence-corrected chi connectivity index (χ1v) is 10.6. The van der Waals surface area contributed by atoms with Crippen LogP contribution in [0.25, 0.3) is 5.76 Å². The fourth-order valence-corrected chi connectivity index (χ4v) is 3.97. The zero-order valence-corrected chi connectivity index (χ0v) is 19.6. The van der Waals surface area contributed by atoms with E-state index in [1.807, 2.05) is 19.0 Å². The molecule has 1 atom stereocenters. The van der Waals surface area contributed by atoms with Crippen LogP contribution in [0.15, 0.2) is 48.0 Å². The van der Waals surface area contributed by atoms with Crippen LogP contribution in [0.2, 0.25) is 0 Å². The molecule has 2 aromatic carbocycles. The van der Waals surface area contributed by atoms with Crippen LogP contribution < -0.4 is 14.2 Å². The lowest BCUT2D eigenvalue weighted by molar-refractivity contribution is -0.140. The SMILES string of the molecule is COc1cccc(/C(O)=C2\C(=O)C(=O)N(CCCN(C)C)[C@@H]2c2cc(OC)ccc2OC)c1. The molecular formula is C25H30N2O6. The van der Waals surface area contributed by atoms with Crippen LogP contribution >= 0.6 is 0 Å². The van der Waals surface area contributed by atoms with Crippen molar-refractivity contribution in [3.63, 3.8) is 0 Å². The molecule has 0 saturated carbocycles. The van der Waals surface area contributed by atoms with Crippen molar-refractivity contribution in [1.29, 1.82) is 0 Å². The second kappa shape index (κ2) is 10.4. The molecule has 3 rings (SSSR count). The molecule has 8 heteroatoms. The second-order valence-electron chi connectivity index (χ2n) is 7.99. The lowest BCUT2D eigenvalue weighted by Crippen LogP contribution is -2.32. The number of aliphatic hydroxyl groups is 1. The molecule has 1 fully saturated rings. The number of carbonyl (C=O) groups is 2. The molecule has 0 radical (unpaired) electrons. The Balaban J connectivity index is 2.20. The molecule has 0 unspecified atom stereocenters. The first kappa shape index (κ1) is 24.1. The Morgan fingerprint density at radius 3 is 2.33 bits per heavy atom. The minimum absolute atomic E-state index is 0.00431. The average molecular weight is 455 g/mol. The van der Waals surface area contributed by atoms with E-state index in [-0.39, 0.29) is 11.3 Å². The summed E-state index contributed by atoms with van der Waals surface area (Å²) in [5, 5.41) is 11.2. The molecule has 0 aliphatic carbocycles. The maximum atomic E-state index is 13.2. The molecule has 0 spiro atoms. The van der Waals surface area contributed by atoms with E-state index < -0.39 is 17.7 Å². The molecule has 176 valence electrons. The summed E-state index contributed by atoms with van der Waals surface area (Å²) in [4.78, 5) is 29.8. The van der Waals surface area contributed by atoms with E-state index in [0.29, 0.717) is 41.3 Å². The van der Waals surface area contributed by atoms with Gasteiger partial charge in [0.25, 0.3) is 11.7 Å². The number of Topliss-reactive ketones (excluding diaryl/α,β-unsaturated/α-hetero) is 1. The molecule has 0 bridgehead atoms. The van der Waals surface area contributed by atoms with Crippen molar-refractivity contribution in [3.8, 4) is 17.2 Å². The van der Waals surface area contributed by atoms with E-state index in [1.54, 1.807) is 42.5 Å². The Kier molecular flexibility index (Phi) is 7.60. The molecule has 1 aliphatic rings. The first-order chi connectivity index (χ1) is 15.8. The summed E-state index contributed by atoms with van der Waals surface area (Å²) in [6.45, 7) is 1.07. The number of hydrogen-bond acceptors (Lipinski definition) is 7. The second-order valence-corrected chi connectivity index (χ2v) is 7.99. The van der Waals surface area contributed by atoms with Crippen molar-refractivity contribution in [2.75, 3.05) is 48.5 Å². The summed E-state index contributed by atoms with van der Waals surface area (Å²) in [6, 6.07) is 11.1. The summed E-state index contributed by atoms with van der Waals surface area (Å²) in [7, 11) is 8.46. The van der Waals surface area contributed by atoms with Gasteiger partial charge in [0, 0.05) is 17.7 Å². The van der Waals surface area contributed by atoms with Crippen molar-refractivity contribution < 1.29 is 28.9 Å². The van der Waals surface area contributed by atoms with Gasteiger partial charge in [0.15, 0.2) is 0 Å². The third-order valence-electron chi connectivity index (χ3n) is 5.62. The van der Waals surface area contributed by atoms with Gasteiger partial charge >= 0.3 is 0 Å². The standard InChI is InChI=1S/C25H30N2O6/c1-26(2)12-7-13-27-22(19-15-18(32-4)10-11-20(19)33-5)21(24(29)25(27)30)23(28)16-8-6-9-17(14-16)31-3/h6,8-11,14-15,22,28H,7,12-13H2,1-5H3/b23-21+/t22-/m1/s1. The number of methoxy groups -OCH3 is 3. The number of ketones is 1. The molecule has 8 nitrogen and oxygen atoms in total. The van der Waals surface area contributed by atoms with Crippen LogP contribution in [0.3, 0.4) is 0 Å². The van der Waals surface area contributed by atoms with Crippen LogP contribution in [0, 0.1) is 0 Å². The fourth-order valence-electron chi connectivity index (χ4n) is 3.97. The van der Waals surface area contributed by atoms with Gasteiger partial charge in [-0.15, -0.1) is 0 Å². The van der Waals surface area contributed by atoms with Crippen molar-refractivity contribution in [2.45, 2.75) is 12.5 Å². The summed E-state index contributed by atoms with van der Waals surface area (Å²) < 4.78 is 16.2. The summed E-state index contributed by atoms with van der Waals surface area (Å²) in [6.07, 6.45) is 0.655. The maximum Gasteiger partial charge on any atom is 0.295 e. The summed E-state index contributed by atoms with van der Waals surface area (Å²) in [5.74, 6) is -0.113. The van der Waals surface area contributed by atoms with Crippen LogP contribution in [-0.4, -0.2) is 75.1 Å². The van der Waals surface area contributed by atoms with Gasteiger partial charge in [0.1, 0.15) is 23.0 Å². The molecule has 2 aromatic rings. The Morgan fingerprint density at radius 1 is 1.00 bits per heavy atom. The molecule has 0 aromatic heterocycles. The average Bonchev–Trinajstić information content (AvgIpc) is 3.07. The number of ether oxygens (including phenoxy) is 3. The van der Waals surface area contributed by atoms with E-state index in [4.69, 9.17) is 14.2 Å². The minimum Gasteiger partial charge on any atom is -0.507 e. The van der Waals surface area contributed by atoms with Gasteiger partial charge < -0.3 is 29.1 Å². The highest BCUT2D eigenvalue weighted by Gasteiger charge is 2.47. The maximum absolute atomic E-state index is 13.2. The fraction of sp³-hybridized carbons (Fsp3) is 0.360. The number of aliphatic hydroxyl groups excluding tert-OH is 1. The number of benzene rings is 2. The minimum atomic E-state index is -0.830. The molecule has 1 N–H and O–H groups in total. The quantitative estimate of drug-likeness (QED) is 0.354. The van der Waals surface area contributed by atoms with Crippen LogP contribution in [0.1, 0.15) is 23.6 Å². The third kappa shape index (κ3) is 4.96. The van der Waals surface area contributed by atoms with Crippen LogP contribution in [0.5, 0.6) is 17.2 Å². The van der Waals surface area contributed by atoms with Gasteiger partial charge in [-0.3, -0.25) is 9.59 Å². The summed E-state index contributed by atoms with van der Waals surface area (Å²) in [5.41, 5.74) is 0.947. The number of likely N-dealkylation sites (tertiary alicyclic amines) is 1. The third-order valence-corrected chi connectivity index (χ3v) is 5.62. The number of amides is 1. The van der Waals surface area contributed by atoms with Gasteiger partial charge in [0.2, 0.25) is 0 Å². The zero-order valence-electron chi connectivity index (χ0n) is 19.6. The highest BCUT2D eigenvalue weighted by Crippen LogP contribution is 2.44. The lowest BCUT2D eigenvalue weighted by Gasteiger charge is -2.27. The van der Waals surface area contributed by atoms with Gasteiger partial charge in [-0.1, -0.05) is 12.1 Å². The van der Waals surface area contributed by atoms with E-state index in [9.17, 15) is 14.7 Å². The Hall–Kier alpha value is -3.52. The topological polar surface area (TPSA) is 88.5 Å². The lowest BCUT2D eigenvalue weighted by atomic mass is 9.94. The molecule has 1 aliphatic heterocycles. The molecule has 33 heavy (non-hydrogen) atoms. The van der Waals surface area contributed by atoms with Gasteiger partial charge in [-0.05, 0) is 57.4 Å².